The molecule has 13 heavy (non-hydrogen) atoms. The van der Waals surface area contributed by atoms with Gasteiger partial charge in [-0.1, -0.05) is 13.0 Å². The zero-order valence-electron chi connectivity index (χ0n) is 8.25. The molecule has 1 rings (SSSR count). The maximum atomic E-state index is 11.7. The predicted octanol–water partition coefficient (Wildman–Crippen LogP) is 0.630. The molecule has 0 aromatic rings. The lowest BCUT2D eigenvalue weighted by molar-refractivity contribution is -0.134. The quantitative estimate of drug-likeness (QED) is 0.635. The first-order valence-electron chi connectivity index (χ1n) is 4.86. The second kappa shape index (κ2) is 5.02. The third-order valence-electron chi connectivity index (χ3n) is 2.31. The van der Waals surface area contributed by atoms with Crippen LogP contribution in [0.25, 0.3) is 0 Å². The van der Waals surface area contributed by atoms with E-state index in [9.17, 15) is 4.79 Å². The fourth-order valence-corrected chi connectivity index (χ4v) is 1.56. The minimum Gasteiger partial charge on any atom is -0.339 e. The van der Waals surface area contributed by atoms with Gasteiger partial charge in [-0.15, -0.1) is 6.58 Å². The summed E-state index contributed by atoms with van der Waals surface area (Å²) in [6, 6.07) is 0. The van der Waals surface area contributed by atoms with Crippen LogP contribution in [0.4, 0.5) is 0 Å². The number of rotatable bonds is 2. The van der Waals surface area contributed by atoms with E-state index in [1.807, 2.05) is 11.8 Å². The third kappa shape index (κ3) is 2.84. The fraction of sp³-hybridized carbons (Fsp3) is 0.700. The maximum Gasteiger partial charge on any atom is 0.226 e. The molecule has 1 heterocycles. The highest BCUT2D eigenvalue weighted by Crippen LogP contribution is 2.05. The van der Waals surface area contributed by atoms with Crippen LogP contribution in [0.1, 0.15) is 13.3 Å². The number of amides is 1. The van der Waals surface area contributed by atoms with Crippen LogP contribution in [-0.4, -0.2) is 37.0 Å². The SMILES string of the molecule is C=CCN1CCCNCC(C)C1=O. The summed E-state index contributed by atoms with van der Waals surface area (Å²) in [5.41, 5.74) is 0. The van der Waals surface area contributed by atoms with E-state index in [0.29, 0.717) is 6.54 Å². The predicted molar refractivity (Wildman–Crippen MR) is 53.4 cm³/mol. The number of hydrogen-bond acceptors (Lipinski definition) is 2. The Morgan fingerprint density at radius 1 is 1.77 bits per heavy atom. The van der Waals surface area contributed by atoms with Crippen LogP contribution in [0.2, 0.25) is 0 Å². The van der Waals surface area contributed by atoms with Gasteiger partial charge >= 0.3 is 0 Å². The molecular weight excluding hydrogens is 164 g/mol. The third-order valence-corrected chi connectivity index (χ3v) is 2.31. The van der Waals surface area contributed by atoms with Crippen molar-refractivity contribution in [2.24, 2.45) is 5.92 Å². The largest absolute Gasteiger partial charge is 0.339 e. The first kappa shape index (κ1) is 10.3. The van der Waals surface area contributed by atoms with Gasteiger partial charge in [-0.3, -0.25) is 4.79 Å². The summed E-state index contributed by atoms with van der Waals surface area (Å²) in [5.74, 6) is 0.340. The molecule has 74 valence electrons. The van der Waals surface area contributed by atoms with Crippen LogP contribution in [0.5, 0.6) is 0 Å². The van der Waals surface area contributed by atoms with Gasteiger partial charge in [0.1, 0.15) is 0 Å². The highest BCUT2D eigenvalue weighted by Gasteiger charge is 2.20. The summed E-state index contributed by atoms with van der Waals surface area (Å²) < 4.78 is 0. The Hall–Kier alpha value is -0.830. The van der Waals surface area contributed by atoms with E-state index < -0.39 is 0 Å². The molecule has 1 N–H and O–H groups in total. The Labute approximate surface area is 79.8 Å². The Morgan fingerprint density at radius 3 is 3.23 bits per heavy atom. The molecule has 0 spiro atoms. The molecule has 3 heteroatoms. The molecule has 3 nitrogen and oxygen atoms in total. The zero-order valence-corrected chi connectivity index (χ0v) is 8.25. The molecule has 0 aliphatic carbocycles. The molecule has 1 aliphatic heterocycles. The van der Waals surface area contributed by atoms with Crippen LogP contribution in [-0.2, 0) is 4.79 Å². The first-order chi connectivity index (χ1) is 6.25. The van der Waals surface area contributed by atoms with Crippen molar-refractivity contribution in [3.8, 4) is 0 Å². The van der Waals surface area contributed by atoms with Gasteiger partial charge in [0.15, 0.2) is 0 Å². The summed E-state index contributed by atoms with van der Waals surface area (Å²) in [5, 5.41) is 3.26. The number of carbonyl (C=O) groups excluding carboxylic acids is 1. The monoisotopic (exact) mass is 182 g/mol. The molecule has 0 radical (unpaired) electrons. The average molecular weight is 182 g/mol. The molecule has 0 aromatic heterocycles. The van der Waals surface area contributed by atoms with Gasteiger partial charge in [-0.2, -0.15) is 0 Å². The number of nitrogens with one attached hydrogen (secondary N) is 1. The molecule has 1 atom stereocenters. The van der Waals surface area contributed by atoms with Crippen molar-refractivity contribution in [2.75, 3.05) is 26.2 Å². The van der Waals surface area contributed by atoms with Gasteiger partial charge < -0.3 is 10.2 Å². The Morgan fingerprint density at radius 2 is 2.54 bits per heavy atom. The van der Waals surface area contributed by atoms with Crippen LogP contribution in [0, 0.1) is 5.92 Å². The minimum atomic E-state index is 0.0975. The van der Waals surface area contributed by atoms with Crippen LogP contribution in [0.15, 0.2) is 12.7 Å². The fourth-order valence-electron chi connectivity index (χ4n) is 1.56. The highest BCUT2D eigenvalue weighted by molar-refractivity contribution is 5.78. The minimum absolute atomic E-state index is 0.0975. The first-order valence-corrected chi connectivity index (χ1v) is 4.86. The molecule has 0 bridgehead atoms. The molecule has 0 saturated carbocycles. The van der Waals surface area contributed by atoms with E-state index in [1.54, 1.807) is 6.08 Å². The second-order valence-electron chi connectivity index (χ2n) is 3.53. The van der Waals surface area contributed by atoms with Crippen molar-refractivity contribution >= 4 is 5.91 Å². The summed E-state index contributed by atoms with van der Waals surface area (Å²) in [7, 11) is 0. The highest BCUT2D eigenvalue weighted by atomic mass is 16.2. The number of nitrogens with zero attached hydrogens (tertiary/aromatic N) is 1. The molecule has 1 fully saturated rings. The summed E-state index contributed by atoms with van der Waals surface area (Å²) >= 11 is 0. The van der Waals surface area contributed by atoms with Crippen LogP contribution < -0.4 is 5.32 Å². The Kier molecular flexibility index (Phi) is 3.96. The lowest BCUT2D eigenvalue weighted by Crippen LogP contribution is -2.43. The second-order valence-corrected chi connectivity index (χ2v) is 3.53. The van der Waals surface area contributed by atoms with Gasteiger partial charge in [0.05, 0.1) is 0 Å². The van der Waals surface area contributed by atoms with Gasteiger partial charge in [0, 0.05) is 25.6 Å². The van der Waals surface area contributed by atoms with Crippen molar-refractivity contribution < 1.29 is 4.79 Å². The van der Waals surface area contributed by atoms with E-state index in [2.05, 4.69) is 11.9 Å². The van der Waals surface area contributed by atoms with Crippen molar-refractivity contribution in [3.05, 3.63) is 12.7 Å². The van der Waals surface area contributed by atoms with Gasteiger partial charge in [-0.25, -0.2) is 0 Å². The lowest BCUT2D eigenvalue weighted by Gasteiger charge is -2.27. The molecule has 0 aromatic carbocycles. The van der Waals surface area contributed by atoms with Crippen LogP contribution in [0.3, 0.4) is 0 Å². The van der Waals surface area contributed by atoms with Gasteiger partial charge in [0.25, 0.3) is 0 Å². The molecular formula is C10H18N2O. The number of hydrogen-bond donors (Lipinski definition) is 1. The van der Waals surface area contributed by atoms with E-state index in [0.717, 1.165) is 26.1 Å². The van der Waals surface area contributed by atoms with Crippen molar-refractivity contribution in [1.29, 1.82) is 0 Å². The summed E-state index contributed by atoms with van der Waals surface area (Å²) in [6.45, 7) is 8.96. The van der Waals surface area contributed by atoms with E-state index >= 15 is 0 Å². The Balaban J connectivity index is 2.56. The maximum absolute atomic E-state index is 11.7. The molecule has 1 aliphatic rings. The number of carbonyl (C=O) groups is 1. The zero-order chi connectivity index (χ0) is 9.68. The smallest absolute Gasteiger partial charge is 0.226 e. The normalized spacial score (nSPS) is 25.2. The summed E-state index contributed by atoms with van der Waals surface area (Å²) in [6.07, 6.45) is 2.83. The topological polar surface area (TPSA) is 32.3 Å². The molecule has 1 unspecified atom stereocenters. The van der Waals surface area contributed by atoms with Crippen LogP contribution >= 0.6 is 0 Å². The van der Waals surface area contributed by atoms with E-state index in [-0.39, 0.29) is 11.8 Å². The molecule has 1 amide bonds. The van der Waals surface area contributed by atoms with E-state index in [1.165, 1.54) is 0 Å². The summed E-state index contributed by atoms with van der Waals surface area (Å²) in [4.78, 5) is 13.6. The van der Waals surface area contributed by atoms with Crippen molar-refractivity contribution in [1.82, 2.24) is 10.2 Å². The standard InChI is InChI=1S/C10H18N2O/c1-3-6-12-7-4-5-11-8-9(2)10(12)13/h3,9,11H,1,4-8H2,2H3. The van der Waals surface area contributed by atoms with Crippen molar-refractivity contribution in [2.45, 2.75) is 13.3 Å². The van der Waals surface area contributed by atoms with E-state index in [4.69, 9.17) is 0 Å². The van der Waals surface area contributed by atoms with Crippen molar-refractivity contribution in [3.63, 3.8) is 0 Å². The van der Waals surface area contributed by atoms with Gasteiger partial charge in [0.2, 0.25) is 5.91 Å². The Bertz CT molecular complexity index is 191. The average Bonchev–Trinajstić information content (AvgIpc) is 2.12. The van der Waals surface area contributed by atoms with Gasteiger partial charge in [-0.05, 0) is 13.0 Å². The lowest BCUT2D eigenvalue weighted by atomic mass is 10.1. The molecule has 1 saturated heterocycles.